The summed E-state index contributed by atoms with van der Waals surface area (Å²) in [6.45, 7) is 0.910. The summed E-state index contributed by atoms with van der Waals surface area (Å²) >= 11 is 0. The highest BCUT2D eigenvalue weighted by Crippen LogP contribution is 2.34. The average molecular weight is 235 g/mol. The van der Waals surface area contributed by atoms with Gasteiger partial charge in [-0.15, -0.1) is 0 Å². The number of fused-ring (bicyclic) bond motifs is 1. The molecule has 1 aliphatic carbocycles. The Morgan fingerprint density at radius 1 is 1.35 bits per heavy atom. The van der Waals surface area contributed by atoms with E-state index in [2.05, 4.69) is 6.07 Å². The molecule has 1 atom stereocenters. The number of unbranched alkanes of at least 4 members (excludes halogenated alkanes) is 1. The minimum atomic E-state index is 0.166. The fraction of sp³-hybridized carbons (Fsp3) is 0.571. The third kappa shape index (κ3) is 2.99. The number of aliphatic hydroxyl groups is 1. The van der Waals surface area contributed by atoms with Crippen molar-refractivity contribution in [3.63, 3.8) is 0 Å². The smallest absolute Gasteiger partial charge is 0.122 e. The molecule has 0 heterocycles. The second kappa shape index (κ2) is 6.03. The molecule has 1 aliphatic rings. The molecule has 2 rings (SSSR count). The van der Waals surface area contributed by atoms with Crippen LogP contribution >= 0.6 is 0 Å². The maximum absolute atomic E-state index is 8.72. The zero-order valence-corrected chi connectivity index (χ0v) is 10.2. The second-order valence-corrected chi connectivity index (χ2v) is 4.60. The Kier molecular flexibility index (Phi) is 4.40. The van der Waals surface area contributed by atoms with E-state index in [1.54, 1.807) is 0 Å². The van der Waals surface area contributed by atoms with Crippen LogP contribution in [0.15, 0.2) is 18.2 Å². The molecule has 0 saturated heterocycles. The summed E-state index contributed by atoms with van der Waals surface area (Å²) in [5.74, 6) is 0.982. The Balaban J connectivity index is 2.04. The SMILES string of the molecule is NC1CCCc2c(OCCCCO)cccc21. The summed E-state index contributed by atoms with van der Waals surface area (Å²) < 4.78 is 5.79. The van der Waals surface area contributed by atoms with Gasteiger partial charge < -0.3 is 15.6 Å². The monoisotopic (exact) mass is 235 g/mol. The van der Waals surface area contributed by atoms with E-state index in [1.165, 1.54) is 11.1 Å². The van der Waals surface area contributed by atoms with Gasteiger partial charge >= 0.3 is 0 Å². The first-order valence-electron chi connectivity index (χ1n) is 6.44. The zero-order chi connectivity index (χ0) is 12.1. The lowest BCUT2D eigenvalue weighted by Crippen LogP contribution is -2.18. The summed E-state index contributed by atoms with van der Waals surface area (Å²) in [5.41, 5.74) is 8.64. The van der Waals surface area contributed by atoms with Crippen molar-refractivity contribution in [1.82, 2.24) is 0 Å². The van der Waals surface area contributed by atoms with E-state index in [9.17, 15) is 0 Å². The van der Waals surface area contributed by atoms with Crippen LogP contribution < -0.4 is 10.5 Å². The van der Waals surface area contributed by atoms with E-state index >= 15 is 0 Å². The lowest BCUT2D eigenvalue weighted by atomic mass is 9.87. The van der Waals surface area contributed by atoms with E-state index in [0.29, 0.717) is 6.61 Å². The van der Waals surface area contributed by atoms with Gasteiger partial charge in [-0.05, 0) is 49.3 Å². The van der Waals surface area contributed by atoms with Crippen molar-refractivity contribution in [3.05, 3.63) is 29.3 Å². The molecule has 0 radical (unpaired) electrons. The quantitative estimate of drug-likeness (QED) is 0.769. The lowest BCUT2D eigenvalue weighted by molar-refractivity contribution is 0.251. The number of rotatable bonds is 5. The van der Waals surface area contributed by atoms with Crippen molar-refractivity contribution in [2.45, 2.75) is 38.1 Å². The summed E-state index contributed by atoms with van der Waals surface area (Å²) in [7, 11) is 0. The first kappa shape index (κ1) is 12.4. The molecular formula is C14H21NO2. The van der Waals surface area contributed by atoms with E-state index in [4.69, 9.17) is 15.6 Å². The molecule has 1 aromatic carbocycles. The maximum Gasteiger partial charge on any atom is 0.122 e. The molecule has 0 aromatic heterocycles. The molecule has 0 spiro atoms. The van der Waals surface area contributed by atoms with Gasteiger partial charge in [-0.2, -0.15) is 0 Å². The Labute approximate surface area is 103 Å². The highest BCUT2D eigenvalue weighted by molar-refractivity contribution is 5.43. The van der Waals surface area contributed by atoms with Crippen LogP contribution in [0.25, 0.3) is 0 Å². The van der Waals surface area contributed by atoms with Crippen molar-refractivity contribution in [1.29, 1.82) is 0 Å². The number of hydrogen-bond acceptors (Lipinski definition) is 3. The van der Waals surface area contributed by atoms with Crippen LogP contribution in [0, 0.1) is 0 Å². The third-order valence-electron chi connectivity index (χ3n) is 3.32. The molecule has 3 N–H and O–H groups in total. The van der Waals surface area contributed by atoms with Gasteiger partial charge in [0.25, 0.3) is 0 Å². The van der Waals surface area contributed by atoms with Gasteiger partial charge in [0, 0.05) is 12.6 Å². The Morgan fingerprint density at radius 2 is 2.24 bits per heavy atom. The molecule has 1 aromatic rings. The summed E-state index contributed by atoms with van der Waals surface area (Å²) in [4.78, 5) is 0. The van der Waals surface area contributed by atoms with Crippen molar-refractivity contribution < 1.29 is 9.84 Å². The van der Waals surface area contributed by atoms with Crippen LogP contribution in [0.3, 0.4) is 0 Å². The number of benzene rings is 1. The first-order valence-corrected chi connectivity index (χ1v) is 6.44. The minimum absolute atomic E-state index is 0.166. The Hall–Kier alpha value is -1.06. The molecule has 0 bridgehead atoms. The molecule has 3 heteroatoms. The van der Waals surface area contributed by atoms with E-state index in [-0.39, 0.29) is 12.6 Å². The summed E-state index contributed by atoms with van der Waals surface area (Å²) in [5, 5.41) is 8.72. The van der Waals surface area contributed by atoms with Crippen molar-refractivity contribution in [2.75, 3.05) is 13.2 Å². The maximum atomic E-state index is 8.72. The predicted molar refractivity (Wildman–Crippen MR) is 68.1 cm³/mol. The number of aliphatic hydroxyl groups excluding tert-OH is 1. The van der Waals surface area contributed by atoms with Crippen molar-refractivity contribution in [3.8, 4) is 5.75 Å². The van der Waals surface area contributed by atoms with Gasteiger partial charge in [0.15, 0.2) is 0 Å². The molecule has 94 valence electrons. The highest BCUT2D eigenvalue weighted by atomic mass is 16.5. The standard InChI is InChI=1S/C14H21NO2/c15-13-7-3-6-12-11(13)5-4-8-14(12)17-10-2-1-9-16/h4-5,8,13,16H,1-3,6-7,9-10,15H2. The van der Waals surface area contributed by atoms with Crippen molar-refractivity contribution >= 4 is 0 Å². The fourth-order valence-corrected chi connectivity index (χ4v) is 2.38. The Morgan fingerprint density at radius 3 is 3.06 bits per heavy atom. The van der Waals surface area contributed by atoms with Gasteiger partial charge in [0.05, 0.1) is 6.61 Å². The average Bonchev–Trinajstić information content (AvgIpc) is 2.36. The van der Waals surface area contributed by atoms with Gasteiger partial charge in [-0.3, -0.25) is 0 Å². The van der Waals surface area contributed by atoms with Crippen LogP contribution in [-0.2, 0) is 6.42 Å². The fourth-order valence-electron chi connectivity index (χ4n) is 2.38. The molecule has 0 aliphatic heterocycles. The highest BCUT2D eigenvalue weighted by Gasteiger charge is 2.19. The number of ether oxygens (including phenoxy) is 1. The van der Waals surface area contributed by atoms with Crippen LogP contribution in [0.2, 0.25) is 0 Å². The van der Waals surface area contributed by atoms with E-state index in [1.807, 2.05) is 12.1 Å². The van der Waals surface area contributed by atoms with Crippen LogP contribution in [0.1, 0.15) is 42.9 Å². The first-order chi connectivity index (χ1) is 8.33. The molecule has 0 saturated carbocycles. The van der Waals surface area contributed by atoms with Crippen molar-refractivity contribution in [2.24, 2.45) is 5.73 Å². The van der Waals surface area contributed by atoms with Crippen LogP contribution in [0.4, 0.5) is 0 Å². The zero-order valence-electron chi connectivity index (χ0n) is 10.2. The van der Waals surface area contributed by atoms with E-state index < -0.39 is 0 Å². The van der Waals surface area contributed by atoms with E-state index in [0.717, 1.165) is 37.9 Å². The predicted octanol–water partition coefficient (Wildman–Crippen LogP) is 2.17. The molecule has 0 fully saturated rings. The van der Waals surface area contributed by atoms with Crippen LogP contribution in [0.5, 0.6) is 5.75 Å². The third-order valence-corrected chi connectivity index (χ3v) is 3.32. The van der Waals surface area contributed by atoms with Gasteiger partial charge in [0.2, 0.25) is 0 Å². The van der Waals surface area contributed by atoms with Gasteiger partial charge in [-0.25, -0.2) is 0 Å². The molecule has 1 unspecified atom stereocenters. The normalized spacial score (nSPS) is 18.8. The molecule has 3 nitrogen and oxygen atoms in total. The summed E-state index contributed by atoms with van der Waals surface area (Å²) in [6, 6.07) is 6.32. The molecule has 0 amide bonds. The minimum Gasteiger partial charge on any atom is -0.493 e. The summed E-state index contributed by atoms with van der Waals surface area (Å²) in [6.07, 6.45) is 4.98. The Bertz CT molecular complexity index is 365. The van der Waals surface area contributed by atoms with Gasteiger partial charge in [-0.1, -0.05) is 12.1 Å². The lowest BCUT2D eigenvalue weighted by Gasteiger charge is -2.24. The molecular weight excluding hydrogens is 214 g/mol. The van der Waals surface area contributed by atoms with Crippen LogP contribution in [-0.4, -0.2) is 18.3 Å². The number of hydrogen-bond donors (Lipinski definition) is 2. The number of nitrogens with two attached hydrogens (primary N) is 1. The topological polar surface area (TPSA) is 55.5 Å². The molecule has 17 heavy (non-hydrogen) atoms. The second-order valence-electron chi connectivity index (χ2n) is 4.60. The largest absolute Gasteiger partial charge is 0.493 e. The van der Waals surface area contributed by atoms with Gasteiger partial charge in [0.1, 0.15) is 5.75 Å².